The molecule has 3 rings (SSSR count). The smallest absolute Gasteiger partial charge is 0.260 e. The number of carbonyl (C=O) groups is 1. The molecule has 0 aliphatic carbocycles. The Morgan fingerprint density at radius 3 is 2.60 bits per heavy atom. The van der Waals surface area contributed by atoms with Crippen molar-refractivity contribution < 1.29 is 9.18 Å². The summed E-state index contributed by atoms with van der Waals surface area (Å²) >= 11 is 1.48. The van der Waals surface area contributed by atoms with Crippen molar-refractivity contribution in [3.8, 4) is 0 Å². The molecule has 0 saturated carbocycles. The molecule has 0 aliphatic heterocycles. The first-order chi connectivity index (χ1) is 12.0. The third kappa shape index (κ3) is 3.86. The Morgan fingerprint density at radius 2 is 1.92 bits per heavy atom. The van der Waals surface area contributed by atoms with Crippen LogP contribution in [0.1, 0.15) is 15.9 Å². The molecule has 1 aromatic heterocycles. The van der Waals surface area contributed by atoms with Crippen molar-refractivity contribution in [1.29, 1.82) is 0 Å². The first-order valence-electron chi connectivity index (χ1n) is 8.04. The zero-order valence-electron chi connectivity index (χ0n) is 14.5. The maximum Gasteiger partial charge on any atom is 0.260 e. The Hall–Kier alpha value is -2.31. The van der Waals surface area contributed by atoms with E-state index in [1.165, 1.54) is 23.5 Å². The van der Waals surface area contributed by atoms with Crippen molar-refractivity contribution >= 4 is 32.6 Å². The molecule has 0 bridgehead atoms. The van der Waals surface area contributed by atoms with E-state index >= 15 is 0 Å². The first-order valence-corrected chi connectivity index (χ1v) is 8.85. The number of rotatable bonds is 5. The van der Waals surface area contributed by atoms with Gasteiger partial charge in [-0.2, -0.15) is 0 Å². The summed E-state index contributed by atoms with van der Waals surface area (Å²) in [5, 5.41) is 0.639. The molecular weight excluding hydrogens is 337 g/mol. The van der Waals surface area contributed by atoms with Gasteiger partial charge in [-0.1, -0.05) is 29.5 Å². The number of halogens is 1. The van der Waals surface area contributed by atoms with Crippen molar-refractivity contribution in [2.75, 3.05) is 32.1 Å². The number of para-hydroxylation sites is 1. The molecule has 1 amide bonds. The molecule has 6 heteroatoms. The second kappa shape index (κ2) is 7.29. The van der Waals surface area contributed by atoms with Gasteiger partial charge in [0.2, 0.25) is 0 Å². The van der Waals surface area contributed by atoms with Crippen LogP contribution in [0.2, 0.25) is 0 Å². The summed E-state index contributed by atoms with van der Waals surface area (Å²) in [4.78, 5) is 21.3. The van der Waals surface area contributed by atoms with E-state index in [4.69, 9.17) is 0 Å². The van der Waals surface area contributed by atoms with Crippen LogP contribution in [0.4, 0.5) is 9.52 Å². The van der Waals surface area contributed by atoms with Crippen molar-refractivity contribution in [2.24, 2.45) is 0 Å². The molecule has 0 unspecified atom stereocenters. The number of hydrogen-bond donors (Lipinski definition) is 0. The quantitative estimate of drug-likeness (QED) is 0.694. The van der Waals surface area contributed by atoms with Crippen molar-refractivity contribution in [3.63, 3.8) is 0 Å². The van der Waals surface area contributed by atoms with Crippen molar-refractivity contribution in [2.45, 2.75) is 6.92 Å². The number of carbonyl (C=O) groups excluding carboxylic acids is 1. The highest BCUT2D eigenvalue weighted by atomic mass is 32.1. The summed E-state index contributed by atoms with van der Waals surface area (Å²) in [6.45, 7) is 3.18. The molecule has 0 atom stereocenters. The monoisotopic (exact) mass is 357 g/mol. The molecule has 0 radical (unpaired) electrons. The van der Waals surface area contributed by atoms with Gasteiger partial charge in [-0.3, -0.25) is 9.69 Å². The highest BCUT2D eigenvalue weighted by molar-refractivity contribution is 7.22. The number of amides is 1. The van der Waals surface area contributed by atoms with Crippen LogP contribution in [0.5, 0.6) is 0 Å². The predicted molar refractivity (Wildman–Crippen MR) is 101 cm³/mol. The van der Waals surface area contributed by atoms with Crippen LogP contribution in [0, 0.1) is 12.7 Å². The van der Waals surface area contributed by atoms with Gasteiger partial charge in [-0.15, -0.1) is 0 Å². The van der Waals surface area contributed by atoms with Gasteiger partial charge in [0.1, 0.15) is 5.82 Å². The molecule has 0 spiro atoms. The highest BCUT2D eigenvalue weighted by Gasteiger charge is 2.22. The number of anilines is 1. The van der Waals surface area contributed by atoms with Gasteiger partial charge in [0, 0.05) is 18.7 Å². The number of fused-ring (bicyclic) bond motifs is 1. The zero-order valence-corrected chi connectivity index (χ0v) is 15.3. The number of likely N-dealkylation sites (N-methyl/N-ethyl adjacent to an activating group) is 1. The van der Waals surface area contributed by atoms with Gasteiger partial charge >= 0.3 is 0 Å². The van der Waals surface area contributed by atoms with Crippen molar-refractivity contribution in [1.82, 2.24) is 9.88 Å². The molecule has 0 fully saturated rings. The van der Waals surface area contributed by atoms with Crippen LogP contribution in [-0.4, -0.2) is 43.0 Å². The van der Waals surface area contributed by atoms with Gasteiger partial charge in [-0.05, 0) is 50.8 Å². The van der Waals surface area contributed by atoms with Gasteiger partial charge in [0.15, 0.2) is 5.13 Å². The minimum absolute atomic E-state index is 0.238. The van der Waals surface area contributed by atoms with E-state index in [0.717, 1.165) is 15.8 Å². The number of hydrogen-bond acceptors (Lipinski definition) is 4. The second-order valence-electron chi connectivity index (χ2n) is 6.19. The van der Waals surface area contributed by atoms with Gasteiger partial charge in [-0.25, -0.2) is 9.37 Å². The Balaban J connectivity index is 2.01. The lowest BCUT2D eigenvalue weighted by Gasteiger charge is -2.22. The van der Waals surface area contributed by atoms with Crippen LogP contribution >= 0.6 is 11.3 Å². The van der Waals surface area contributed by atoms with Gasteiger partial charge < -0.3 is 4.90 Å². The highest BCUT2D eigenvalue weighted by Crippen LogP contribution is 2.31. The third-order valence-corrected chi connectivity index (χ3v) is 4.97. The topological polar surface area (TPSA) is 36.4 Å². The molecule has 0 aliphatic rings. The largest absolute Gasteiger partial charge is 0.308 e. The van der Waals surface area contributed by atoms with E-state index in [2.05, 4.69) is 4.98 Å². The van der Waals surface area contributed by atoms with Gasteiger partial charge in [0.25, 0.3) is 5.91 Å². The molecule has 2 aromatic carbocycles. The Kier molecular flexibility index (Phi) is 5.11. The molecular formula is C19H20FN3OS. The zero-order chi connectivity index (χ0) is 18.0. The number of aromatic nitrogens is 1. The maximum absolute atomic E-state index is 13.5. The average Bonchev–Trinajstić information content (AvgIpc) is 3.00. The SMILES string of the molecule is Cc1cccc2sc(N(CCN(C)C)C(=O)c3cccc(F)c3)nc12. The minimum atomic E-state index is -0.418. The maximum atomic E-state index is 13.5. The number of thiazole rings is 1. The summed E-state index contributed by atoms with van der Waals surface area (Å²) in [5.74, 6) is -0.656. The normalized spacial score (nSPS) is 11.2. The van der Waals surface area contributed by atoms with E-state index in [-0.39, 0.29) is 5.91 Å². The van der Waals surface area contributed by atoms with E-state index in [9.17, 15) is 9.18 Å². The summed E-state index contributed by atoms with van der Waals surface area (Å²) in [6, 6.07) is 11.8. The molecule has 0 N–H and O–H groups in total. The molecule has 3 aromatic rings. The van der Waals surface area contributed by atoms with Gasteiger partial charge in [0.05, 0.1) is 10.2 Å². The number of nitrogens with zero attached hydrogens (tertiary/aromatic N) is 3. The van der Waals surface area contributed by atoms with Crippen molar-refractivity contribution in [3.05, 3.63) is 59.4 Å². The van der Waals surface area contributed by atoms with Crippen LogP contribution in [0.3, 0.4) is 0 Å². The molecule has 25 heavy (non-hydrogen) atoms. The molecule has 1 heterocycles. The average molecular weight is 357 g/mol. The van der Waals surface area contributed by atoms with E-state index < -0.39 is 5.82 Å². The summed E-state index contributed by atoms with van der Waals surface area (Å²) < 4.78 is 14.6. The van der Waals surface area contributed by atoms with E-state index in [1.54, 1.807) is 17.0 Å². The van der Waals surface area contributed by atoms with Crippen LogP contribution < -0.4 is 4.90 Å². The summed E-state index contributed by atoms with van der Waals surface area (Å²) in [6.07, 6.45) is 0. The Bertz CT molecular complexity index is 907. The fourth-order valence-electron chi connectivity index (χ4n) is 2.55. The molecule has 0 saturated heterocycles. The van der Waals surface area contributed by atoms with Crippen LogP contribution in [-0.2, 0) is 0 Å². The third-order valence-electron chi connectivity index (χ3n) is 3.93. The fraction of sp³-hybridized carbons (Fsp3) is 0.263. The first kappa shape index (κ1) is 17.5. The van der Waals surface area contributed by atoms with E-state index in [0.29, 0.717) is 23.8 Å². The fourth-order valence-corrected chi connectivity index (χ4v) is 3.62. The standard InChI is InChI=1S/C19H20FN3OS/c1-13-6-4-9-16-17(13)21-19(25-16)23(11-10-22(2)3)18(24)14-7-5-8-15(20)12-14/h4-9,12H,10-11H2,1-3H3. The van der Waals surface area contributed by atoms with Crippen LogP contribution in [0.15, 0.2) is 42.5 Å². The lowest BCUT2D eigenvalue weighted by Crippen LogP contribution is -2.36. The molecule has 4 nitrogen and oxygen atoms in total. The lowest BCUT2D eigenvalue weighted by molar-refractivity contribution is 0.0985. The number of benzene rings is 2. The summed E-state index contributed by atoms with van der Waals surface area (Å²) in [5.41, 5.74) is 2.31. The second-order valence-corrected chi connectivity index (χ2v) is 7.20. The Labute approximate surface area is 150 Å². The van der Waals surface area contributed by atoms with E-state index in [1.807, 2.05) is 44.1 Å². The number of aryl methyl sites for hydroxylation is 1. The van der Waals surface area contributed by atoms with Crippen LogP contribution in [0.25, 0.3) is 10.2 Å². The lowest BCUT2D eigenvalue weighted by atomic mass is 10.2. The summed E-state index contributed by atoms with van der Waals surface area (Å²) in [7, 11) is 3.90. The Morgan fingerprint density at radius 1 is 1.16 bits per heavy atom. The minimum Gasteiger partial charge on any atom is -0.308 e. The predicted octanol–water partition coefficient (Wildman–Crippen LogP) is 3.95. The molecule has 130 valence electrons.